The SMILES string of the molecule is CC(c1ccccc1Cl)N(C)C(=O)C1CCC(CN)O1. The molecule has 1 amide bonds. The summed E-state index contributed by atoms with van der Waals surface area (Å²) in [6, 6.07) is 7.49. The molecule has 0 aromatic heterocycles. The Morgan fingerprint density at radius 3 is 2.80 bits per heavy atom. The Bertz CT molecular complexity index is 481. The average molecular weight is 297 g/mol. The van der Waals surface area contributed by atoms with E-state index in [1.54, 1.807) is 11.9 Å². The van der Waals surface area contributed by atoms with Gasteiger partial charge < -0.3 is 15.4 Å². The van der Waals surface area contributed by atoms with Gasteiger partial charge in [-0.05, 0) is 31.4 Å². The topological polar surface area (TPSA) is 55.6 Å². The highest BCUT2D eigenvalue weighted by atomic mass is 35.5. The maximum Gasteiger partial charge on any atom is 0.251 e. The molecule has 0 bridgehead atoms. The fourth-order valence-electron chi connectivity index (χ4n) is 2.50. The lowest BCUT2D eigenvalue weighted by Gasteiger charge is -2.28. The van der Waals surface area contributed by atoms with Crippen LogP contribution in [0.3, 0.4) is 0 Å². The van der Waals surface area contributed by atoms with Gasteiger partial charge in [-0.25, -0.2) is 0 Å². The maximum absolute atomic E-state index is 12.4. The van der Waals surface area contributed by atoms with Crippen molar-refractivity contribution in [2.75, 3.05) is 13.6 Å². The lowest BCUT2D eigenvalue weighted by atomic mass is 10.1. The molecule has 0 spiro atoms. The maximum atomic E-state index is 12.4. The zero-order chi connectivity index (χ0) is 14.7. The first-order valence-corrected chi connectivity index (χ1v) is 7.29. The Morgan fingerprint density at radius 1 is 1.50 bits per heavy atom. The van der Waals surface area contributed by atoms with E-state index in [0.29, 0.717) is 11.6 Å². The van der Waals surface area contributed by atoms with Gasteiger partial charge in [-0.2, -0.15) is 0 Å². The van der Waals surface area contributed by atoms with E-state index in [1.165, 1.54) is 0 Å². The predicted molar refractivity (Wildman–Crippen MR) is 79.6 cm³/mol. The van der Waals surface area contributed by atoms with Crippen LogP contribution in [0.2, 0.25) is 5.02 Å². The second-order valence-electron chi connectivity index (χ2n) is 5.21. The van der Waals surface area contributed by atoms with Gasteiger partial charge in [0, 0.05) is 18.6 Å². The molecule has 2 rings (SSSR count). The number of halogens is 1. The van der Waals surface area contributed by atoms with E-state index in [-0.39, 0.29) is 24.2 Å². The third-order valence-corrected chi connectivity index (χ3v) is 4.27. The molecule has 0 radical (unpaired) electrons. The average Bonchev–Trinajstić information content (AvgIpc) is 2.94. The quantitative estimate of drug-likeness (QED) is 0.928. The van der Waals surface area contributed by atoms with Gasteiger partial charge in [0.1, 0.15) is 6.10 Å². The summed E-state index contributed by atoms with van der Waals surface area (Å²) in [6.45, 7) is 2.43. The summed E-state index contributed by atoms with van der Waals surface area (Å²) < 4.78 is 5.66. The van der Waals surface area contributed by atoms with Crippen LogP contribution in [0.4, 0.5) is 0 Å². The first-order chi connectivity index (χ1) is 9.54. The van der Waals surface area contributed by atoms with Crippen LogP contribution in [0.15, 0.2) is 24.3 Å². The minimum atomic E-state index is -0.376. The smallest absolute Gasteiger partial charge is 0.251 e. The van der Waals surface area contributed by atoms with Crippen molar-refractivity contribution in [2.24, 2.45) is 5.73 Å². The molecule has 1 aromatic rings. The molecule has 1 aromatic carbocycles. The van der Waals surface area contributed by atoms with Crippen LogP contribution in [-0.2, 0) is 9.53 Å². The van der Waals surface area contributed by atoms with Crippen molar-refractivity contribution in [3.05, 3.63) is 34.9 Å². The monoisotopic (exact) mass is 296 g/mol. The number of benzene rings is 1. The second-order valence-corrected chi connectivity index (χ2v) is 5.61. The Morgan fingerprint density at radius 2 is 2.20 bits per heavy atom. The molecule has 20 heavy (non-hydrogen) atoms. The number of carbonyl (C=O) groups is 1. The Kier molecular flexibility index (Phi) is 5.02. The number of likely N-dealkylation sites (N-methyl/N-ethyl adjacent to an activating group) is 1. The molecule has 5 heteroatoms. The summed E-state index contributed by atoms with van der Waals surface area (Å²) in [6.07, 6.45) is 1.22. The number of rotatable bonds is 4. The van der Waals surface area contributed by atoms with Crippen LogP contribution in [0, 0.1) is 0 Å². The summed E-state index contributed by atoms with van der Waals surface area (Å²) >= 11 is 6.19. The highest BCUT2D eigenvalue weighted by Crippen LogP contribution is 2.28. The molecule has 0 saturated carbocycles. The number of nitrogens with two attached hydrogens (primary N) is 1. The highest BCUT2D eigenvalue weighted by Gasteiger charge is 2.33. The van der Waals surface area contributed by atoms with E-state index in [2.05, 4.69) is 0 Å². The van der Waals surface area contributed by atoms with E-state index in [4.69, 9.17) is 22.1 Å². The van der Waals surface area contributed by atoms with E-state index < -0.39 is 0 Å². The molecule has 0 aliphatic carbocycles. The van der Waals surface area contributed by atoms with Crippen LogP contribution in [-0.4, -0.2) is 36.6 Å². The lowest BCUT2D eigenvalue weighted by molar-refractivity contribution is -0.143. The zero-order valence-electron chi connectivity index (χ0n) is 11.9. The molecule has 2 N–H and O–H groups in total. The molecular formula is C15H21ClN2O2. The summed E-state index contributed by atoms with van der Waals surface area (Å²) in [4.78, 5) is 14.1. The summed E-state index contributed by atoms with van der Waals surface area (Å²) in [5.41, 5.74) is 6.52. The van der Waals surface area contributed by atoms with Gasteiger partial charge in [0.15, 0.2) is 0 Å². The molecule has 1 aliphatic rings. The van der Waals surface area contributed by atoms with Crippen LogP contribution >= 0.6 is 11.6 Å². The molecule has 1 heterocycles. The predicted octanol–water partition coefficient (Wildman–Crippen LogP) is 2.37. The van der Waals surface area contributed by atoms with Gasteiger partial charge in [0.05, 0.1) is 12.1 Å². The van der Waals surface area contributed by atoms with Crippen molar-refractivity contribution in [2.45, 2.75) is 38.0 Å². The van der Waals surface area contributed by atoms with Crippen molar-refractivity contribution in [1.82, 2.24) is 4.90 Å². The Labute approximate surface area is 124 Å². The molecule has 3 unspecified atom stereocenters. The third kappa shape index (κ3) is 3.14. The van der Waals surface area contributed by atoms with Crippen molar-refractivity contribution in [3.63, 3.8) is 0 Å². The third-order valence-electron chi connectivity index (χ3n) is 3.93. The fourth-order valence-corrected chi connectivity index (χ4v) is 2.79. The Balaban J connectivity index is 2.05. The van der Waals surface area contributed by atoms with Gasteiger partial charge in [-0.15, -0.1) is 0 Å². The minimum absolute atomic E-state index is 0.00614. The highest BCUT2D eigenvalue weighted by molar-refractivity contribution is 6.31. The van der Waals surface area contributed by atoms with E-state index in [9.17, 15) is 4.79 Å². The van der Waals surface area contributed by atoms with Gasteiger partial charge in [-0.3, -0.25) is 4.79 Å². The van der Waals surface area contributed by atoms with Crippen LogP contribution in [0.25, 0.3) is 0 Å². The van der Waals surface area contributed by atoms with E-state index >= 15 is 0 Å². The van der Waals surface area contributed by atoms with Crippen molar-refractivity contribution in [1.29, 1.82) is 0 Å². The van der Waals surface area contributed by atoms with Crippen LogP contribution in [0.5, 0.6) is 0 Å². The first-order valence-electron chi connectivity index (χ1n) is 6.91. The number of amides is 1. The van der Waals surface area contributed by atoms with E-state index in [0.717, 1.165) is 18.4 Å². The fraction of sp³-hybridized carbons (Fsp3) is 0.533. The normalized spacial score (nSPS) is 23.6. The van der Waals surface area contributed by atoms with Gasteiger partial charge in [-0.1, -0.05) is 29.8 Å². The number of hydrogen-bond acceptors (Lipinski definition) is 3. The first kappa shape index (κ1) is 15.3. The van der Waals surface area contributed by atoms with Crippen LogP contribution < -0.4 is 5.73 Å². The summed E-state index contributed by atoms with van der Waals surface area (Å²) in [7, 11) is 1.79. The summed E-state index contributed by atoms with van der Waals surface area (Å²) in [5, 5.41) is 0.673. The molecule has 4 nitrogen and oxygen atoms in total. The van der Waals surface area contributed by atoms with Crippen molar-refractivity contribution in [3.8, 4) is 0 Å². The number of nitrogens with zero attached hydrogens (tertiary/aromatic N) is 1. The van der Waals surface area contributed by atoms with Crippen LogP contribution in [0.1, 0.15) is 31.4 Å². The number of carbonyl (C=O) groups excluding carboxylic acids is 1. The molecule has 1 saturated heterocycles. The molecule has 110 valence electrons. The zero-order valence-corrected chi connectivity index (χ0v) is 12.6. The lowest BCUT2D eigenvalue weighted by Crippen LogP contribution is -2.38. The van der Waals surface area contributed by atoms with E-state index in [1.807, 2.05) is 31.2 Å². The number of hydrogen-bond donors (Lipinski definition) is 1. The largest absolute Gasteiger partial charge is 0.364 e. The van der Waals surface area contributed by atoms with Crippen molar-refractivity contribution < 1.29 is 9.53 Å². The molecule has 1 aliphatic heterocycles. The number of ether oxygens (including phenoxy) is 1. The molecular weight excluding hydrogens is 276 g/mol. The van der Waals surface area contributed by atoms with Gasteiger partial charge in [0.2, 0.25) is 0 Å². The molecule has 3 atom stereocenters. The van der Waals surface area contributed by atoms with Crippen molar-refractivity contribution >= 4 is 17.5 Å². The second kappa shape index (κ2) is 6.57. The minimum Gasteiger partial charge on any atom is -0.364 e. The van der Waals surface area contributed by atoms with Gasteiger partial charge in [0.25, 0.3) is 5.91 Å². The van der Waals surface area contributed by atoms with Gasteiger partial charge >= 0.3 is 0 Å². The standard InChI is InChI=1S/C15H21ClN2O2/c1-10(12-5-3-4-6-13(12)16)18(2)15(19)14-8-7-11(9-17)20-14/h3-6,10-11,14H,7-9,17H2,1-2H3. The molecule has 1 fully saturated rings. The Hall–Kier alpha value is -1.10. The summed E-state index contributed by atoms with van der Waals surface area (Å²) in [5.74, 6) is -0.00614.